The van der Waals surface area contributed by atoms with Crippen molar-refractivity contribution >= 4 is 17.6 Å². The van der Waals surface area contributed by atoms with Gasteiger partial charge in [-0.1, -0.05) is 12.1 Å². The van der Waals surface area contributed by atoms with E-state index in [-0.39, 0.29) is 11.7 Å². The van der Waals surface area contributed by atoms with Gasteiger partial charge in [0.1, 0.15) is 5.82 Å². The van der Waals surface area contributed by atoms with Gasteiger partial charge in [0.2, 0.25) is 0 Å². The maximum Gasteiger partial charge on any atom is 0.251 e. The fraction of sp³-hybridized carbons (Fsp3) is 0.391. The first-order valence-electron chi connectivity index (χ1n) is 10.5. The number of anilines is 1. The summed E-state index contributed by atoms with van der Waals surface area (Å²) in [5.41, 5.74) is 2.70. The number of piperazine rings is 1. The molecule has 0 unspecified atom stereocenters. The molecule has 0 aromatic heterocycles. The van der Waals surface area contributed by atoms with Gasteiger partial charge in [0.15, 0.2) is 5.96 Å². The van der Waals surface area contributed by atoms with Gasteiger partial charge in [-0.25, -0.2) is 9.38 Å². The molecule has 1 aliphatic rings. The Morgan fingerprint density at radius 1 is 1.00 bits per heavy atom. The van der Waals surface area contributed by atoms with Crippen molar-refractivity contribution in [2.75, 3.05) is 44.2 Å². The topological polar surface area (TPSA) is 60.0 Å². The van der Waals surface area contributed by atoms with E-state index < -0.39 is 0 Å². The van der Waals surface area contributed by atoms with Crippen molar-refractivity contribution in [2.45, 2.75) is 20.4 Å². The number of hydrogen-bond donors (Lipinski definition) is 2. The summed E-state index contributed by atoms with van der Waals surface area (Å²) in [5, 5.41) is 6.20. The molecule has 0 aliphatic carbocycles. The summed E-state index contributed by atoms with van der Waals surface area (Å²) in [5.74, 6) is 0.599. The minimum atomic E-state index is -0.213. The van der Waals surface area contributed by atoms with Crippen molar-refractivity contribution in [1.29, 1.82) is 0 Å². The first-order chi connectivity index (χ1) is 14.6. The minimum absolute atomic E-state index is 0.0628. The van der Waals surface area contributed by atoms with E-state index in [4.69, 9.17) is 4.99 Å². The highest BCUT2D eigenvalue weighted by atomic mass is 19.1. The standard InChI is InChI=1S/C23H30FN5O/c1-3-25-22(30)19-7-5-6-18(16-19)17-27-23(26-4-2)29-14-12-28(13-15-29)21-10-8-20(24)9-11-21/h5-11,16H,3-4,12-15,17H2,1-2H3,(H,25,30)(H,26,27). The summed E-state index contributed by atoms with van der Waals surface area (Å²) in [6, 6.07) is 14.2. The summed E-state index contributed by atoms with van der Waals surface area (Å²) in [7, 11) is 0. The Bertz CT molecular complexity index is 860. The van der Waals surface area contributed by atoms with E-state index in [1.165, 1.54) is 12.1 Å². The molecule has 1 saturated heterocycles. The summed E-state index contributed by atoms with van der Waals surface area (Å²) in [6.07, 6.45) is 0. The second-order valence-corrected chi connectivity index (χ2v) is 7.18. The summed E-state index contributed by atoms with van der Waals surface area (Å²) >= 11 is 0. The van der Waals surface area contributed by atoms with Crippen LogP contribution in [0.1, 0.15) is 29.8 Å². The Labute approximate surface area is 177 Å². The largest absolute Gasteiger partial charge is 0.368 e. The van der Waals surface area contributed by atoms with E-state index in [1.54, 1.807) is 0 Å². The second-order valence-electron chi connectivity index (χ2n) is 7.18. The van der Waals surface area contributed by atoms with Gasteiger partial charge in [-0.2, -0.15) is 0 Å². The molecule has 2 aromatic rings. The van der Waals surface area contributed by atoms with E-state index in [1.807, 2.05) is 43.3 Å². The number of carbonyl (C=O) groups excluding carboxylic acids is 1. The van der Waals surface area contributed by atoms with Crippen LogP contribution < -0.4 is 15.5 Å². The molecule has 1 heterocycles. The number of guanidine groups is 1. The van der Waals surface area contributed by atoms with Crippen molar-refractivity contribution in [1.82, 2.24) is 15.5 Å². The molecule has 30 heavy (non-hydrogen) atoms. The van der Waals surface area contributed by atoms with Gasteiger partial charge in [0.05, 0.1) is 6.54 Å². The second kappa shape index (κ2) is 10.6. The predicted molar refractivity (Wildman–Crippen MR) is 119 cm³/mol. The quantitative estimate of drug-likeness (QED) is 0.567. The first kappa shape index (κ1) is 21.6. The molecular formula is C23H30FN5O. The van der Waals surface area contributed by atoms with Gasteiger partial charge < -0.3 is 20.4 Å². The number of carbonyl (C=O) groups is 1. The molecule has 0 radical (unpaired) electrons. The van der Waals surface area contributed by atoms with Crippen molar-refractivity contribution in [3.63, 3.8) is 0 Å². The third-order valence-corrected chi connectivity index (χ3v) is 5.04. The zero-order chi connectivity index (χ0) is 21.3. The van der Waals surface area contributed by atoms with Crippen LogP contribution in [0.2, 0.25) is 0 Å². The maximum absolute atomic E-state index is 13.2. The van der Waals surface area contributed by atoms with Gasteiger partial charge in [0.25, 0.3) is 5.91 Å². The van der Waals surface area contributed by atoms with Gasteiger partial charge in [-0.05, 0) is 55.8 Å². The lowest BCUT2D eigenvalue weighted by Crippen LogP contribution is -2.52. The number of rotatable bonds is 6. The SMILES string of the molecule is CCNC(=O)c1cccc(CN=C(NCC)N2CCN(c3ccc(F)cc3)CC2)c1. The van der Waals surface area contributed by atoms with E-state index in [0.717, 1.165) is 49.9 Å². The number of amides is 1. The predicted octanol–water partition coefficient (Wildman–Crippen LogP) is 2.86. The molecule has 2 N–H and O–H groups in total. The van der Waals surface area contributed by atoms with E-state index in [9.17, 15) is 9.18 Å². The third-order valence-electron chi connectivity index (χ3n) is 5.04. The van der Waals surface area contributed by atoms with Crippen LogP contribution in [0.25, 0.3) is 0 Å². The summed E-state index contributed by atoms with van der Waals surface area (Å²) < 4.78 is 13.2. The summed E-state index contributed by atoms with van der Waals surface area (Å²) in [4.78, 5) is 21.4. The molecular weight excluding hydrogens is 381 g/mol. The highest BCUT2D eigenvalue weighted by molar-refractivity contribution is 5.94. The molecule has 3 rings (SSSR count). The summed E-state index contributed by atoms with van der Waals surface area (Å²) in [6.45, 7) is 9.24. The Kier molecular flexibility index (Phi) is 7.65. The molecule has 0 saturated carbocycles. The average molecular weight is 412 g/mol. The number of aliphatic imine (C=N–C) groups is 1. The molecule has 160 valence electrons. The molecule has 1 amide bonds. The van der Waals surface area contributed by atoms with Crippen LogP contribution >= 0.6 is 0 Å². The monoisotopic (exact) mass is 411 g/mol. The van der Waals surface area contributed by atoms with Crippen LogP contribution in [0.3, 0.4) is 0 Å². The molecule has 0 spiro atoms. The van der Waals surface area contributed by atoms with Crippen molar-refractivity contribution in [3.8, 4) is 0 Å². The van der Waals surface area contributed by atoms with Crippen LogP contribution in [-0.2, 0) is 6.54 Å². The average Bonchev–Trinajstić information content (AvgIpc) is 2.78. The van der Waals surface area contributed by atoms with E-state index in [0.29, 0.717) is 18.7 Å². The Hall–Kier alpha value is -3.09. The zero-order valence-corrected chi connectivity index (χ0v) is 17.7. The lowest BCUT2D eigenvalue weighted by Gasteiger charge is -2.37. The van der Waals surface area contributed by atoms with Crippen LogP contribution in [0.5, 0.6) is 0 Å². The van der Waals surface area contributed by atoms with Gasteiger partial charge in [-0.3, -0.25) is 4.79 Å². The van der Waals surface area contributed by atoms with E-state index in [2.05, 4.69) is 27.4 Å². The van der Waals surface area contributed by atoms with Crippen LogP contribution in [0.15, 0.2) is 53.5 Å². The number of nitrogens with zero attached hydrogens (tertiary/aromatic N) is 3. The molecule has 0 bridgehead atoms. The molecule has 7 heteroatoms. The Morgan fingerprint density at radius 2 is 1.70 bits per heavy atom. The first-order valence-corrected chi connectivity index (χ1v) is 10.5. The normalized spacial score (nSPS) is 14.6. The molecule has 2 aromatic carbocycles. The number of benzene rings is 2. The number of hydrogen-bond acceptors (Lipinski definition) is 3. The van der Waals surface area contributed by atoms with Crippen LogP contribution in [0.4, 0.5) is 10.1 Å². The number of halogens is 1. The molecule has 1 fully saturated rings. The van der Waals surface area contributed by atoms with Crippen molar-refractivity contribution < 1.29 is 9.18 Å². The lowest BCUT2D eigenvalue weighted by molar-refractivity contribution is 0.0955. The van der Waals surface area contributed by atoms with Crippen LogP contribution in [-0.4, -0.2) is 56.0 Å². The maximum atomic E-state index is 13.2. The molecule has 6 nitrogen and oxygen atoms in total. The smallest absolute Gasteiger partial charge is 0.251 e. The molecule has 1 aliphatic heterocycles. The molecule has 0 atom stereocenters. The van der Waals surface area contributed by atoms with Crippen molar-refractivity contribution in [2.24, 2.45) is 4.99 Å². The van der Waals surface area contributed by atoms with Gasteiger partial charge in [0, 0.05) is 50.5 Å². The Balaban J connectivity index is 1.63. The fourth-order valence-corrected chi connectivity index (χ4v) is 3.49. The zero-order valence-electron chi connectivity index (χ0n) is 17.7. The highest BCUT2D eigenvalue weighted by Crippen LogP contribution is 2.17. The van der Waals surface area contributed by atoms with Gasteiger partial charge >= 0.3 is 0 Å². The van der Waals surface area contributed by atoms with E-state index >= 15 is 0 Å². The minimum Gasteiger partial charge on any atom is -0.368 e. The number of nitrogens with one attached hydrogen (secondary N) is 2. The van der Waals surface area contributed by atoms with Crippen LogP contribution in [0, 0.1) is 5.82 Å². The fourth-order valence-electron chi connectivity index (χ4n) is 3.49. The van der Waals surface area contributed by atoms with Gasteiger partial charge in [-0.15, -0.1) is 0 Å². The highest BCUT2D eigenvalue weighted by Gasteiger charge is 2.20. The Morgan fingerprint density at radius 3 is 2.37 bits per heavy atom. The van der Waals surface area contributed by atoms with Crippen molar-refractivity contribution in [3.05, 3.63) is 65.5 Å². The lowest BCUT2D eigenvalue weighted by atomic mass is 10.1. The third kappa shape index (κ3) is 5.72.